The van der Waals surface area contributed by atoms with E-state index in [0.29, 0.717) is 0 Å². The first-order valence-corrected chi connectivity index (χ1v) is 4.60. The van der Waals surface area contributed by atoms with E-state index in [1.165, 1.54) is 10.2 Å². The SMILES string of the molecule is COc1ccc2c(c1)sc[n+]2C. The fourth-order valence-corrected chi connectivity index (χ4v) is 2.10. The van der Waals surface area contributed by atoms with Crippen molar-refractivity contribution in [3.8, 4) is 5.75 Å². The molecule has 1 aromatic carbocycles. The van der Waals surface area contributed by atoms with Gasteiger partial charge in [0.05, 0.1) is 7.11 Å². The zero-order valence-electron chi connectivity index (χ0n) is 7.07. The highest BCUT2D eigenvalue weighted by molar-refractivity contribution is 7.16. The molecular formula is C9H10NOS+. The van der Waals surface area contributed by atoms with Crippen LogP contribution in [0.15, 0.2) is 23.7 Å². The summed E-state index contributed by atoms with van der Waals surface area (Å²) in [5.41, 5.74) is 3.34. The number of rotatable bonds is 1. The number of benzene rings is 1. The molecule has 0 fully saturated rings. The largest absolute Gasteiger partial charge is 0.497 e. The number of nitrogens with zero attached hydrogens (tertiary/aromatic N) is 1. The Morgan fingerprint density at radius 1 is 1.42 bits per heavy atom. The summed E-state index contributed by atoms with van der Waals surface area (Å²) in [7, 11) is 3.74. The predicted molar refractivity (Wildman–Crippen MR) is 49.6 cm³/mol. The first kappa shape index (κ1) is 7.55. The minimum atomic E-state index is 0.921. The summed E-state index contributed by atoms with van der Waals surface area (Å²) in [6.07, 6.45) is 0. The summed E-state index contributed by atoms with van der Waals surface area (Å²) < 4.78 is 8.50. The Morgan fingerprint density at radius 3 is 3.00 bits per heavy atom. The molecule has 0 aliphatic heterocycles. The molecule has 0 aliphatic carbocycles. The van der Waals surface area contributed by atoms with Gasteiger partial charge in [-0.15, -0.1) is 0 Å². The molecule has 2 aromatic rings. The van der Waals surface area contributed by atoms with Crippen molar-refractivity contribution in [2.45, 2.75) is 0 Å². The molecule has 0 aliphatic rings. The number of hydrogen-bond acceptors (Lipinski definition) is 2. The molecule has 0 amide bonds. The summed E-state index contributed by atoms with van der Waals surface area (Å²) in [6.45, 7) is 0. The van der Waals surface area contributed by atoms with Gasteiger partial charge < -0.3 is 4.74 Å². The van der Waals surface area contributed by atoms with Gasteiger partial charge >= 0.3 is 0 Å². The Hall–Kier alpha value is -1.09. The molecule has 0 N–H and O–H groups in total. The van der Waals surface area contributed by atoms with Crippen molar-refractivity contribution in [3.05, 3.63) is 23.7 Å². The topological polar surface area (TPSA) is 13.1 Å². The van der Waals surface area contributed by atoms with Crippen LogP contribution in [0.1, 0.15) is 0 Å². The van der Waals surface area contributed by atoms with E-state index in [1.807, 2.05) is 13.1 Å². The van der Waals surface area contributed by atoms with Gasteiger partial charge in [0.2, 0.25) is 11.0 Å². The lowest BCUT2D eigenvalue weighted by Crippen LogP contribution is -2.24. The maximum atomic E-state index is 5.13. The van der Waals surface area contributed by atoms with Crippen LogP contribution in [0.5, 0.6) is 5.75 Å². The van der Waals surface area contributed by atoms with Crippen molar-refractivity contribution >= 4 is 21.6 Å². The standard InChI is InChI=1S/C9H10NOS/c1-10-6-12-9-5-7(11-2)3-4-8(9)10/h3-6H,1-2H3/q+1. The number of hydrogen-bond donors (Lipinski definition) is 0. The quantitative estimate of drug-likeness (QED) is 0.609. The molecule has 2 nitrogen and oxygen atoms in total. The van der Waals surface area contributed by atoms with E-state index in [2.05, 4.69) is 22.2 Å². The zero-order valence-corrected chi connectivity index (χ0v) is 7.89. The molecule has 1 heterocycles. The van der Waals surface area contributed by atoms with Gasteiger partial charge in [0.25, 0.3) is 0 Å². The monoisotopic (exact) mass is 180 g/mol. The van der Waals surface area contributed by atoms with Crippen molar-refractivity contribution < 1.29 is 9.30 Å². The highest BCUT2D eigenvalue weighted by atomic mass is 32.1. The van der Waals surface area contributed by atoms with Crippen molar-refractivity contribution in [2.24, 2.45) is 7.05 Å². The Kier molecular flexibility index (Phi) is 1.73. The van der Waals surface area contributed by atoms with Gasteiger partial charge in [-0.05, 0) is 6.07 Å². The summed E-state index contributed by atoms with van der Waals surface area (Å²) in [5.74, 6) is 0.921. The van der Waals surface area contributed by atoms with Crippen molar-refractivity contribution in [1.82, 2.24) is 0 Å². The normalized spacial score (nSPS) is 10.5. The maximum absolute atomic E-state index is 5.13. The van der Waals surface area contributed by atoms with E-state index in [4.69, 9.17) is 4.74 Å². The Morgan fingerprint density at radius 2 is 2.25 bits per heavy atom. The second kappa shape index (κ2) is 2.75. The van der Waals surface area contributed by atoms with Crippen molar-refractivity contribution in [3.63, 3.8) is 0 Å². The number of ether oxygens (including phenoxy) is 1. The summed E-state index contributed by atoms with van der Waals surface area (Å²) >= 11 is 1.73. The second-order valence-corrected chi connectivity index (χ2v) is 3.55. The molecule has 62 valence electrons. The molecular weight excluding hydrogens is 170 g/mol. The maximum Gasteiger partial charge on any atom is 0.225 e. The molecule has 1 aromatic heterocycles. The molecule has 0 saturated heterocycles. The smallest absolute Gasteiger partial charge is 0.225 e. The van der Waals surface area contributed by atoms with Crippen LogP contribution in [-0.4, -0.2) is 7.11 Å². The number of aromatic nitrogens is 1. The fraction of sp³-hybridized carbons (Fsp3) is 0.222. The lowest BCUT2D eigenvalue weighted by atomic mass is 10.3. The molecule has 0 radical (unpaired) electrons. The van der Waals surface area contributed by atoms with Gasteiger partial charge in [0.1, 0.15) is 17.5 Å². The van der Waals surface area contributed by atoms with Gasteiger partial charge in [-0.1, -0.05) is 11.3 Å². The van der Waals surface area contributed by atoms with E-state index in [9.17, 15) is 0 Å². The van der Waals surface area contributed by atoms with Crippen LogP contribution >= 0.6 is 11.3 Å². The Labute approximate surface area is 75.0 Å². The van der Waals surface area contributed by atoms with E-state index in [0.717, 1.165) is 5.75 Å². The van der Waals surface area contributed by atoms with Crippen molar-refractivity contribution in [1.29, 1.82) is 0 Å². The molecule has 0 unspecified atom stereocenters. The van der Waals surface area contributed by atoms with Gasteiger partial charge in [0, 0.05) is 12.1 Å². The minimum Gasteiger partial charge on any atom is -0.497 e. The fourth-order valence-electron chi connectivity index (χ4n) is 1.20. The third-order valence-electron chi connectivity index (χ3n) is 1.88. The van der Waals surface area contributed by atoms with E-state index in [-0.39, 0.29) is 0 Å². The van der Waals surface area contributed by atoms with E-state index in [1.54, 1.807) is 18.4 Å². The molecule has 0 saturated carbocycles. The Balaban J connectivity index is 2.69. The van der Waals surface area contributed by atoms with Crippen molar-refractivity contribution in [2.75, 3.05) is 7.11 Å². The van der Waals surface area contributed by atoms with Crippen LogP contribution in [0.2, 0.25) is 0 Å². The number of thiazole rings is 1. The average molecular weight is 180 g/mol. The van der Waals surface area contributed by atoms with Crippen LogP contribution in [0.3, 0.4) is 0 Å². The first-order valence-electron chi connectivity index (χ1n) is 3.72. The first-order chi connectivity index (χ1) is 5.81. The highest BCUT2D eigenvalue weighted by Gasteiger charge is 2.07. The summed E-state index contributed by atoms with van der Waals surface area (Å²) in [6, 6.07) is 6.11. The molecule has 0 spiro atoms. The van der Waals surface area contributed by atoms with Crippen LogP contribution < -0.4 is 9.30 Å². The third kappa shape index (κ3) is 1.06. The predicted octanol–water partition coefficient (Wildman–Crippen LogP) is 1.73. The third-order valence-corrected chi connectivity index (χ3v) is 2.89. The summed E-state index contributed by atoms with van der Waals surface area (Å²) in [5, 5.41) is 0. The lowest BCUT2D eigenvalue weighted by Gasteiger charge is -1.95. The minimum absolute atomic E-state index is 0.921. The molecule has 3 heteroatoms. The van der Waals surface area contributed by atoms with E-state index >= 15 is 0 Å². The van der Waals surface area contributed by atoms with Crippen LogP contribution in [-0.2, 0) is 7.05 Å². The lowest BCUT2D eigenvalue weighted by molar-refractivity contribution is -0.640. The molecule has 0 bridgehead atoms. The highest BCUT2D eigenvalue weighted by Crippen LogP contribution is 2.21. The molecule has 12 heavy (non-hydrogen) atoms. The second-order valence-electron chi connectivity index (χ2n) is 2.67. The average Bonchev–Trinajstić information content (AvgIpc) is 2.47. The van der Waals surface area contributed by atoms with Crippen LogP contribution in [0.4, 0.5) is 0 Å². The summed E-state index contributed by atoms with van der Waals surface area (Å²) in [4.78, 5) is 0. The van der Waals surface area contributed by atoms with Gasteiger partial charge in [-0.2, -0.15) is 4.57 Å². The van der Waals surface area contributed by atoms with Gasteiger partial charge in [0.15, 0.2) is 0 Å². The van der Waals surface area contributed by atoms with Crippen LogP contribution in [0.25, 0.3) is 10.2 Å². The van der Waals surface area contributed by atoms with Crippen LogP contribution in [0, 0.1) is 0 Å². The van der Waals surface area contributed by atoms with Gasteiger partial charge in [-0.25, -0.2) is 0 Å². The molecule has 2 rings (SSSR count). The zero-order chi connectivity index (χ0) is 8.55. The Bertz CT molecular complexity index is 408. The number of fused-ring (bicyclic) bond motifs is 1. The number of methoxy groups -OCH3 is 1. The molecule has 0 atom stereocenters. The van der Waals surface area contributed by atoms with Gasteiger partial charge in [-0.3, -0.25) is 0 Å². The number of aryl methyl sites for hydroxylation is 1. The van der Waals surface area contributed by atoms with E-state index < -0.39 is 0 Å².